The second-order valence-corrected chi connectivity index (χ2v) is 5.37. The Bertz CT molecular complexity index is 646. The fourth-order valence-corrected chi connectivity index (χ4v) is 2.37. The molecule has 0 aromatic heterocycles. The molecule has 1 atom stereocenters. The highest BCUT2D eigenvalue weighted by Crippen LogP contribution is 2.30. The van der Waals surface area contributed by atoms with Crippen molar-refractivity contribution in [2.45, 2.75) is 12.5 Å². The Morgan fingerprint density at radius 1 is 1.04 bits per heavy atom. The highest BCUT2D eigenvalue weighted by molar-refractivity contribution is 5.90. The summed E-state index contributed by atoms with van der Waals surface area (Å²) < 4.78 is 11.5. The molecule has 5 heteroatoms. The largest absolute Gasteiger partial charge is 0.486 e. The van der Waals surface area contributed by atoms with Crippen LogP contribution < -0.4 is 20.1 Å². The topological polar surface area (TPSA) is 59.6 Å². The second kappa shape index (κ2) is 7.65. The van der Waals surface area contributed by atoms with Gasteiger partial charge in [0.2, 0.25) is 5.91 Å². The molecule has 0 saturated heterocycles. The van der Waals surface area contributed by atoms with Gasteiger partial charge in [0.25, 0.3) is 0 Å². The van der Waals surface area contributed by atoms with Gasteiger partial charge in [-0.1, -0.05) is 30.3 Å². The van der Waals surface area contributed by atoms with E-state index in [0.717, 1.165) is 17.2 Å². The molecule has 1 aliphatic rings. The minimum atomic E-state index is -0.0397. The van der Waals surface area contributed by atoms with Gasteiger partial charge in [0, 0.05) is 25.2 Å². The smallest absolute Gasteiger partial charge is 0.225 e. The number of nitrogens with one attached hydrogen (secondary N) is 2. The normalized spacial score (nSPS) is 15.9. The number of benzene rings is 2. The molecule has 2 aromatic rings. The number of fused-ring (bicyclic) bond motifs is 1. The lowest BCUT2D eigenvalue weighted by Crippen LogP contribution is -2.39. The van der Waals surface area contributed by atoms with Crippen molar-refractivity contribution in [3.63, 3.8) is 0 Å². The molecule has 2 aromatic carbocycles. The Labute approximate surface area is 135 Å². The summed E-state index contributed by atoms with van der Waals surface area (Å²) in [5.74, 6) is 1.55. The molecule has 5 nitrogen and oxygen atoms in total. The van der Waals surface area contributed by atoms with Crippen molar-refractivity contribution < 1.29 is 14.3 Å². The number of amides is 1. The Kier molecular flexibility index (Phi) is 5.11. The maximum atomic E-state index is 11.8. The van der Waals surface area contributed by atoms with Crippen LogP contribution in [0.15, 0.2) is 54.6 Å². The minimum Gasteiger partial charge on any atom is -0.486 e. The van der Waals surface area contributed by atoms with Crippen LogP contribution in [-0.2, 0) is 4.79 Å². The first-order valence-electron chi connectivity index (χ1n) is 7.75. The van der Waals surface area contributed by atoms with Crippen molar-refractivity contribution in [3.8, 4) is 11.5 Å². The maximum Gasteiger partial charge on any atom is 0.225 e. The van der Waals surface area contributed by atoms with Crippen LogP contribution in [0.3, 0.4) is 0 Å². The first-order valence-corrected chi connectivity index (χ1v) is 7.75. The molecule has 0 radical (unpaired) electrons. The molecule has 1 unspecified atom stereocenters. The SMILES string of the molecule is O=C(CCNCC1COc2ccccc2O1)Nc1ccccc1. The van der Waals surface area contributed by atoms with Gasteiger partial charge in [0.05, 0.1) is 0 Å². The summed E-state index contributed by atoms with van der Waals surface area (Å²) in [5.41, 5.74) is 0.818. The third-order valence-electron chi connectivity index (χ3n) is 3.53. The summed E-state index contributed by atoms with van der Waals surface area (Å²) in [7, 11) is 0. The zero-order valence-electron chi connectivity index (χ0n) is 12.8. The van der Waals surface area contributed by atoms with Crippen molar-refractivity contribution in [1.29, 1.82) is 0 Å². The molecule has 0 spiro atoms. The summed E-state index contributed by atoms with van der Waals surface area (Å²) in [5, 5.41) is 6.10. The van der Waals surface area contributed by atoms with E-state index < -0.39 is 0 Å². The first-order chi connectivity index (χ1) is 11.3. The number of carbonyl (C=O) groups excluding carboxylic acids is 1. The fraction of sp³-hybridized carbons (Fsp3) is 0.278. The van der Waals surface area contributed by atoms with E-state index in [4.69, 9.17) is 9.47 Å². The highest BCUT2D eigenvalue weighted by atomic mass is 16.6. The molecule has 23 heavy (non-hydrogen) atoms. The standard InChI is InChI=1S/C18H20N2O3/c21-18(20-14-6-2-1-3-7-14)10-11-19-12-15-13-22-16-8-4-5-9-17(16)23-15/h1-9,15,19H,10-13H2,(H,20,21). The van der Waals surface area contributed by atoms with Gasteiger partial charge in [0.15, 0.2) is 11.5 Å². The van der Waals surface area contributed by atoms with Gasteiger partial charge in [-0.05, 0) is 24.3 Å². The molecule has 0 bridgehead atoms. The monoisotopic (exact) mass is 312 g/mol. The molecule has 1 aliphatic heterocycles. The molecular weight excluding hydrogens is 292 g/mol. The summed E-state index contributed by atoms with van der Waals surface area (Å²) >= 11 is 0. The molecule has 3 rings (SSSR count). The summed E-state index contributed by atoms with van der Waals surface area (Å²) in [6, 6.07) is 17.1. The van der Waals surface area contributed by atoms with Gasteiger partial charge in [-0.3, -0.25) is 4.79 Å². The Morgan fingerprint density at radius 3 is 2.61 bits per heavy atom. The minimum absolute atomic E-state index is 0.00476. The van der Waals surface area contributed by atoms with Gasteiger partial charge in [-0.2, -0.15) is 0 Å². The lowest BCUT2D eigenvalue weighted by molar-refractivity contribution is -0.116. The van der Waals surface area contributed by atoms with E-state index in [2.05, 4.69) is 10.6 Å². The van der Waals surface area contributed by atoms with E-state index >= 15 is 0 Å². The van der Waals surface area contributed by atoms with Crippen molar-refractivity contribution >= 4 is 11.6 Å². The van der Waals surface area contributed by atoms with Crippen molar-refractivity contribution in [3.05, 3.63) is 54.6 Å². The quantitative estimate of drug-likeness (QED) is 0.804. The summed E-state index contributed by atoms with van der Waals surface area (Å²) in [6.07, 6.45) is 0.376. The molecule has 0 fully saturated rings. The number of carbonyl (C=O) groups is 1. The molecule has 1 amide bonds. The Balaban J connectivity index is 1.35. The second-order valence-electron chi connectivity index (χ2n) is 5.37. The number of hydrogen-bond acceptors (Lipinski definition) is 4. The van der Waals surface area contributed by atoms with E-state index in [1.165, 1.54) is 0 Å². The number of anilines is 1. The molecule has 2 N–H and O–H groups in total. The Hall–Kier alpha value is -2.53. The molecule has 0 saturated carbocycles. The van der Waals surface area contributed by atoms with E-state index in [-0.39, 0.29) is 12.0 Å². The van der Waals surface area contributed by atoms with Crippen LogP contribution in [-0.4, -0.2) is 31.7 Å². The number of ether oxygens (including phenoxy) is 2. The fourth-order valence-electron chi connectivity index (χ4n) is 2.37. The average Bonchev–Trinajstić information content (AvgIpc) is 2.59. The lowest BCUT2D eigenvalue weighted by Gasteiger charge is -2.26. The third-order valence-corrected chi connectivity index (χ3v) is 3.53. The van der Waals surface area contributed by atoms with Crippen molar-refractivity contribution in [2.24, 2.45) is 0 Å². The van der Waals surface area contributed by atoms with Crippen LogP contribution in [0.25, 0.3) is 0 Å². The highest BCUT2D eigenvalue weighted by Gasteiger charge is 2.19. The van der Waals surface area contributed by atoms with E-state index in [1.54, 1.807) is 0 Å². The Morgan fingerprint density at radius 2 is 1.78 bits per heavy atom. The number of rotatable bonds is 6. The predicted octanol–water partition coefficient (Wildman–Crippen LogP) is 2.44. The lowest BCUT2D eigenvalue weighted by atomic mass is 10.2. The zero-order valence-corrected chi connectivity index (χ0v) is 12.8. The van der Waals surface area contributed by atoms with Crippen molar-refractivity contribution in [2.75, 3.05) is 25.0 Å². The molecule has 1 heterocycles. The van der Waals surface area contributed by atoms with Gasteiger partial charge < -0.3 is 20.1 Å². The van der Waals surface area contributed by atoms with Gasteiger partial charge in [0.1, 0.15) is 12.7 Å². The van der Waals surface area contributed by atoms with Gasteiger partial charge in [-0.25, -0.2) is 0 Å². The predicted molar refractivity (Wildman–Crippen MR) is 88.9 cm³/mol. The average molecular weight is 312 g/mol. The molecule has 120 valence electrons. The number of hydrogen-bond donors (Lipinski definition) is 2. The zero-order chi connectivity index (χ0) is 15.9. The number of para-hydroxylation sites is 3. The van der Waals surface area contributed by atoms with Gasteiger partial charge in [-0.15, -0.1) is 0 Å². The van der Waals surface area contributed by atoms with Crippen LogP contribution in [0, 0.1) is 0 Å². The van der Waals surface area contributed by atoms with Crippen LogP contribution in [0.4, 0.5) is 5.69 Å². The van der Waals surface area contributed by atoms with Crippen molar-refractivity contribution in [1.82, 2.24) is 5.32 Å². The van der Waals surface area contributed by atoms with Crippen LogP contribution >= 0.6 is 0 Å². The van der Waals surface area contributed by atoms with Gasteiger partial charge >= 0.3 is 0 Å². The first kappa shape index (κ1) is 15.4. The van der Waals surface area contributed by atoms with E-state index in [1.807, 2.05) is 54.6 Å². The van der Waals surface area contributed by atoms with Crippen LogP contribution in [0.1, 0.15) is 6.42 Å². The summed E-state index contributed by atoms with van der Waals surface area (Å²) in [6.45, 7) is 1.76. The third kappa shape index (κ3) is 4.47. The van der Waals surface area contributed by atoms with Crippen LogP contribution in [0.2, 0.25) is 0 Å². The van der Waals surface area contributed by atoms with E-state index in [9.17, 15) is 4.79 Å². The maximum absolute atomic E-state index is 11.8. The van der Waals surface area contributed by atoms with E-state index in [0.29, 0.717) is 26.1 Å². The summed E-state index contributed by atoms with van der Waals surface area (Å²) in [4.78, 5) is 11.8. The molecular formula is C18H20N2O3. The molecule has 0 aliphatic carbocycles. The van der Waals surface area contributed by atoms with Crippen LogP contribution in [0.5, 0.6) is 11.5 Å².